The number of carboxylic acids is 2. The molecule has 0 saturated heterocycles. The van der Waals surface area contributed by atoms with Gasteiger partial charge in [-0.2, -0.15) is 0 Å². The predicted molar refractivity (Wildman–Crippen MR) is 197 cm³/mol. The van der Waals surface area contributed by atoms with Crippen LogP contribution in [0.3, 0.4) is 0 Å². The summed E-state index contributed by atoms with van der Waals surface area (Å²) in [4.78, 5) is 67.5. The van der Waals surface area contributed by atoms with Gasteiger partial charge in [-0.15, -0.1) is 0 Å². The third-order valence-corrected chi connectivity index (χ3v) is 8.80. The van der Waals surface area contributed by atoms with E-state index in [0.29, 0.717) is 0 Å². The minimum absolute atomic E-state index is 0.0162. The highest BCUT2D eigenvalue weighted by atomic mass is 16.6. The average molecular weight is 737 g/mol. The number of benzene rings is 4. The fourth-order valence-corrected chi connectivity index (χ4v) is 6.36. The van der Waals surface area contributed by atoms with E-state index < -0.39 is 36.6 Å². The summed E-state index contributed by atoms with van der Waals surface area (Å²) in [7, 11) is 0. The molecule has 4 amide bonds. The van der Waals surface area contributed by atoms with Gasteiger partial charge in [-0.05, 0) is 44.5 Å². The molecular weight excluding hydrogens is 696 g/mol. The Morgan fingerprint density at radius 2 is 0.870 bits per heavy atom. The normalized spacial score (nSPS) is 12.0. The molecule has 4 aromatic carbocycles. The second kappa shape index (κ2) is 18.7. The number of ether oxygens (including phenoxy) is 2. The van der Waals surface area contributed by atoms with Crippen molar-refractivity contribution in [1.29, 1.82) is 0 Å². The fraction of sp³-hybridized carbons (Fsp3) is 0.250. The molecule has 14 nitrogen and oxygen atoms in total. The van der Waals surface area contributed by atoms with E-state index in [4.69, 9.17) is 19.7 Å². The molecule has 0 saturated carbocycles. The van der Waals surface area contributed by atoms with Gasteiger partial charge in [-0.3, -0.25) is 19.2 Å². The van der Waals surface area contributed by atoms with E-state index in [0.717, 1.165) is 44.5 Å². The minimum atomic E-state index is -1.15. The first-order valence-corrected chi connectivity index (χ1v) is 17.3. The van der Waals surface area contributed by atoms with Crippen LogP contribution in [0.2, 0.25) is 0 Å². The van der Waals surface area contributed by atoms with Gasteiger partial charge in [-0.25, -0.2) is 9.59 Å². The Balaban J connectivity index is 0.000000208. The summed E-state index contributed by atoms with van der Waals surface area (Å²) in [5.74, 6) is -3.12. The van der Waals surface area contributed by atoms with Crippen LogP contribution in [0.25, 0.3) is 22.3 Å². The average Bonchev–Trinajstić information content (AvgIpc) is 3.67. The van der Waals surface area contributed by atoms with E-state index in [1.165, 1.54) is 0 Å². The van der Waals surface area contributed by atoms with Crippen LogP contribution in [0.15, 0.2) is 97.1 Å². The van der Waals surface area contributed by atoms with E-state index in [1.54, 1.807) is 0 Å². The highest BCUT2D eigenvalue weighted by molar-refractivity contribution is 5.85. The van der Waals surface area contributed by atoms with Gasteiger partial charge < -0.3 is 41.0 Å². The maximum absolute atomic E-state index is 12.0. The molecule has 0 bridgehead atoms. The number of alkyl carbamates (subject to hydrolysis) is 2. The Morgan fingerprint density at radius 1 is 0.463 bits per heavy atom. The molecule has 6 N–H and O–H groups in total. The van der Waals surface area contributed by atoms with Gasteiger partial charge in [0.2, 0.25) is 11.8 Å². The number of carbonyl (C=O) groups excluding carboxylic acids is 4. The van der Waals surface area contributed by atoms with Crippen LogP contribution in [0.1, 0.15) is 46.9 Å². The van der Waals surface area contributed by atoms with Gasteiger partial charge >= 0.3 is 24.1 Å². The van der Waals surface area contributed by atoms with Crippen molar-refractivity contribution in [3.63, 3.8) is 0 Å². The summed E-state index contributed by atoms with van der Waals surface area (Å²) >= 11 is 0. The highest BCUT2D eigenvalue weighted by Gasteiger charge is 2.30. The van der Waals surface area contributed by atoms with E-state index in [-0.39, 0.29) is 63.4 Å². The lowest BCUT2D eigenvalue weighted by atomic mass is 9.98. The van der Waals surface area contributed by atoms with Crippen molar-refractivity contribution in [2.45, 2.75) is 24.7 Å². The summed E-state index contributed by atoms with van der Waals surface area (Å²) < 4.78 is 10.6. The molecular formula is C40H40N4O10. The molecule has 0 heterocycles. The van der Waals surface area contributed by atoms with Crippen molar-refractivity contribution in [3.05, 3.63) is 119 Å². The number of carbonyl (C=O) groups is 6. The SMILES string of the molecule is O=C(O)CCNC(=O)CCNC(=O)OCC1c2ccccc2-c2ccccc21.O=C(O)CNC(=O)CNC(=O)OCC1c2ccccc2-c2ccccc21. The first kappa shape index (κ1) is 38.5. The second-order valence-electron chi connectivity index (χ2n) is 12.3. The van der Waals surface area contributed by atoms with E-state index in [1.807, 2.05) is 84.9 Å². The first-order chi connectivity index (χ1) is 26.1. The smallest absolute Gasteiger partial charge is 0.407 e. The van der Waals surface area contributed by atoms with Crippen LogP contribution < -0.4 is 21.3 Å². The maximum Gasteiger partial charge on any atom is 0.407 e. The summed E-state index contributed by atoms with van der Waals surface area (Å²) in [5, 5.41) is 26.5. The molecule has 280 valence electrons. The molecule has 14 heteroatoms. The molecule has 0 unspecified atom stereocenters. The van der Waals surface area contributed by atoms with Crippen LogP contribution in [-0.4, -0.2) is 85.5 Å². The molecule has 0 radical (unpaired) electrons. The lowest BCUT2D eigenvalue weighted by Crippen LogP contribution is -2.39. The highest BCUT2D eigenvalue weighted by Crippen LogP contribution is 2.45. The molecule has 0 spiro atoms. The number of hydrogen-bond acceptors (Lipinski definition) is 8. The minimum Gasteiger partial charge on any atom is -0.481 e. The number of hydrogen-bond donors (Lipinski definition) is 6. The number of aliphatic carboxylic acids is 2. The Bertz CT molecular complexity index is 1920. The molecule has 0 aliphatic heterocycles. The van der Waals surface area contributed by atoms with Crippen molar-refractivity contribution < 1.29 is 48.5 Å². The van der Waals surface area contributed by atoms with Crippen molar-refractivity contribution in [2.24, 2.45) is 0 Å². The molecule has 2 aliphatic rings. The molecule has 54 heavy (non-hydrogen) atoms. The maximum atomic E-state index is 12.0. The molecule has 0 atom stereocenters. The Hall–Kier alpha value is -6.70. The monoisotopic (exact) mass is 736 g/mol. The van der Waals surface area contributed by atoms with Gasteiger partial charge in [0.15, 0.2) is 0 Å². The van der Waals surface area contributed by atoms with E-state index in [9.17, 15) is 28.8 Å². The first-order valence-electron chi connectivity index (χ1n) is 17.3. The number of amides is 4. The zero-order valence-corrected chi connectivity index (χ0v) is 29.2. The Kier molecular flexibility index (Phi) is 13.3. The van der Waals surface area contributed by atoms with Gasteiger partial charge in [0.25, 0.3) is 0 Å². The zero-order chi connectivity index (χ0) is 38.5. The quantitative estimate of drug-likeness (QED) is 0.109. The third kappa shape index (κ3) is 10.2. The lowest BCUT2D eigenvalue weighted by Gasteiger charge is -2.14. The van der Waals surface area contributed by atoms with Gasteiger partial charge in [-0.1, -0.05) is 97.1 Å². The van der Waals surface area contributed by atoms with Gasteiger partial charge in [0, 0.05) is 31.3 Å². The second-order valence-corrected chi connectivity index (χ2v) is 12.3. The van der Waals surface area contributed by atoms with Crippen molar-refractivity contribution in [3.8, 4) is 22.3 Å². The summed E-state index contributed by atoms with van der Waals surface area (Å²) in [6, 6.07) is 32.1. The van der Waals surface area contributed by atoms with Crippen molar-refractivity contribution in [2.75, 3.05) is 39.4 Å². The zero-order valence-electron chi connectivity index (χ0n) is 29.2. The predicted octanol–water partition coefficient (Wildman–Crippen LogP) is 4.23. The lowest BCUT2D eigenvalue weighted by molar-refractivity contribution is -0.138. The van der Waals surface area contributed by atoms with Crippen LogP contribution in [0.5, 0.6) is 0 Å². The number of fused-ring (bicyclic) bond motifs is 6. The summed E-state index contributed by atoms with van der Waals surface area (Å²) in [5.41, 5.74) is 9.04. The topological polar surface area (TPSA) is 209 Å². The van der Waals surface area contributed by atoms with Crippen LogP contribution >= 0.6 is 0 Å². The van der Waals surface area contributed by atoms with E-state index >= 15 is 0 Å². The fourth-order valence-electron chi connectivity index (χ4n) is 6.36. The molecule has 0 aromatic heterocycles. The molecule has 0 fully saturated rings. The molecule has 6 rings (SSSR count). The Morgan fingerprint density at radius 3 is 1.30 bits per heavy atom. The standard InChI is InChI=1S/C21H22N2O5.C19H18N2O5/c24-19(22-12-10-20(25)26)9-11-23-21(27)28-13-18-16-7-3-1-5-14(16)15-6-2-4-8-17(15)18;22-17(20-10-18(23)24)9-21-19(25)26-11-16-14-7-3-1-5-12(14)13-6-2-4-8-15(13)16/h1-8,18H,9-13H2,(H,22,24)(H,23,27)(H,25,26);1-8,16H,9-11H2,(H,20,22)(H,21,25)(H,23,24). The summed E-state index contributed by atoms with van der Waals surface area (Å²) in [6.45, 7) is -0.287. The number of carboxylic acid groups (broad SMARTS) is 2. The van der Waals surface area contributed by atoms with Crippen molar-refractivity contribution in [1.82, 2.24) is 21.3 Å². The number of nitrogens with one attached hydrogen (secondary N) is 4. The van der Waals surface area contributed by atoms with Gasteiger partial charge in [0.1, 0.15) is 26.3 Å². The van der Waals surface area contributed by atoms with Crippen molar-refractivity contribution >= 4 is 35.9 Å². The molecule has 2 aliphatic carbocycles. The third-order valence-electron chi connectivity index (χ3n) is 8.80. The van der Waals surface area contributed by atoms with Gasteiger partial charge in [0.05, 0.1) is 6.42 Å². The van der Waals surface area contributed by atoms with E-state index in [2.05, 4.69) is 33.4 Å². The van der Waals surface area contributed by atoms with Crippen LogP contribution in [0.4, 0.5) is 9.59 Å². The molecule has 4 aromatic rings. The van der Waals surface area contributed by atoms with Crippen LogP contribution in [-0.2, 0) is 28.7 Å². The van der Waals surface area contributed by atoms with Crippen LogP contribution in [0, 0.1) is 0 Å². The Labute approximate surface area is 310 Å². The largest absolute Gasteiger partial charge is 0.481 e. The summed E-state index contributed by atoms with van der Waals surface area (Å²) in [6.07, 6.45) is -1.38. The number of rotatable bonds is 14.